The summed E-state index contributed by atoms with van der Waals surface area (Å²) in [6.45, 7) is 5.77. The molecule has 1 amide bonds. The van der Waals surface area contributed by atoms with E-state index in [4.69, 9.17) is 4.74 Å². The van der Waals surface area contributed by atoms with Gasteiger partial charge in [0.05, 0.1) is 12.2 Å². The lowest BCUT2D eigenvalue weighted by Gasteiger charge is -2.06. The zero-order chi connectivity index (χ0) is 17.0. The number of amides is 1. The molecule has 0 aromatic carbocycles. The number of nitrogens with zero attached hydrogens (tertiary/aromatic N) is 1. The third-order valence-electron chi connectivity index (χ3n) is 3.29. The average Bonchev–Trinajstić information content (AvgIpc) is 2.73. The van der Waals surface area contributed by atoms with E-state index < -0.39 is 5.97 Å². The number of nitrogens with one attached hydrogen (secondary N) is 1. The molecule has 7 heteroatoms. The Hall–Kier alpha value is -2.41. The van der Waals surface area contributed by atoms with E-state index >= 15 is 0 Å². The van der Waals surface area contributed by atoms with Crippen molar-refractivity contribution in [2.24, 2.45) is 0 Å². The summed E-state index contributed by atoms with van der Waals surface area (Å²) in [6.07, 6.45) is 3.13. The van der Waals surface area contributed by atoms with Crippen LogP contribution in [-0.4, -0.2) is 23.6 Å². The van der Waals surface area contributed by atoms with Crippen LogP contribution in [0, 0.1) is 13.8 Å². The molecule has 0 spiro atoms. The first kappa shape index (κ1) is 17.0. The number of pyridine rings is 1. The summed E-state index contributed by atoms with van der Waals surface area (Å²) in [5, 5.41) is 12.7. The van der Waals surface area contributed by atoms with Crippen LogP contribution >= 0.6 is 11.3 Å². The molecule has 0 bridgehead atoms. The number of aromatic hydroxyl groups is 1. The van der Waals surface area contributed by atoms with Crippen LogP contribution in [-0.2, 0) is 16.1 Å². The Morgan fingerprint density at radius 3 is 2.78 bits per heavy atom. The van der Waals surface area contributed by atoms with E-state index in [1.54, 1.807) is 23.8 Å². The van der Waals surface area contributed by atoms with Crippen molar-refractivity contribution in [1.82, 2.24) is 0 Å². The number of carbonyl (C=O) groups is 2. The Bertz CT molecular complexity index is 740. The maximum atomic E-state index is 12.2. The van der Waals surface area contributed by atoms with E-state index in [1.807, 2.05) is 13.8 Å². The van der Waals surface area contributed by atoms with Crippen molar-refractivity contribution in [2.45, 2.75) is 27.3 Å². The van der Waals surface area contributed by atoms with E-state index in [0.717, 1.165) is 10.4 Å². The highest BCUT2D eigenvalue weighted by Gasteiger charge is 2.23. The molecule has 0 radical (unpaired) electrons. The minimum absolute atomic E-state index is 0.0344. The number of aryl methyl sites for hydroxylation is 1. The Balaban J connectivity index is 2.17. The third kappa shape index (κ3) is 4.07. The lowest BCUT2D eigenvalue weighted by Crippen LogP contribution is -2.39. The van der Waals surface area contributed by atoms with Crippen LogP contribution in [0.5, 0.6) is 5.75 Å². The number of thiophene rings is 1. The fraction of sp³-hybridized carbons (Fsp3) is 0.312. The Labute approximate surface area is 138 Å². The molecule has 0 saturated carbocycles. The number of anilines is 1. The van der Waals surface area contributed by atoms with Crippen molar-refractivity contribution in [3.63, 3.8) is 0 Å². The summed E-state index contributed by atoms with van der Waals surface area (Å²) < 4.78 is 6.61. The first-order chi connectivity index (χ1) is 10.9. The van der Waals surface area contributed by atoms with Crippen LogP contribution in [0.3, 0.4) is 0 Å². The molecule has 23 heavy (non-hydrogen) atoms. The van der Waals surface area contributed by atoms with Gasteiger partial charge in [0.15, 0.2) is 11.9 Å². The minimum Gasteiger partial charge on any atom is -0.503 e. The lowest BCUT2D eigenvalue weighted by atomic mass is 10.1. The number of esters is 1. The highest BCUT2D eigenvalue weighted by atomic mass is 32.1. The SMILES string of the molecule is CCOC(=O)c1c(NC(=O)C[n+]2cccc(O)c2)sc(C)c1C. The molecule has 0 atom stereocenters. The summed E-state index contributed by atoms with van der Waals surface area (Å²) in [5.41, 5.74) is 1.22. The molecule has 0 aliphatic heterocycles. The Morgan fingerprint density at radius 2 is 2.13 bits per heavy atom. The van der Waals surface area contributed by atoms with E-state index in [1.165, 1.54) is 23.6 Å². The summed E-state index contributed by atoms with van der Waals surface area (Å²) in [4.78, 5) is 25.2. The molecule has 2 heterocycles. The minimum atomic E-state index is -0.436. The maximum absolute atomic E-state index is 12.2. The largest absolute Gasteiger partial charge is 0.503 e. The zero-order valence-corrected chi connectivity index (χ0v) is 14.1. The van der Waals surface area contributed by atoms with Crippen molar-refractivity contribution in [3.05, 3.63) is 40.5 Å². The molecule has 6 nitrogen and oxygen atoms in total. The second-order valence-electron chi connectivity index (χ2n) is 4.99. The lowest BCUT2D eigenvalue weighted by molar-refractivity contribution is -0.684. The van der Waals surface area contributed by atoms with Gasteiger partial charge in [-0.15, -0.1) is 11.3 Å². The van der Waals surface area contributed by atoms with Gasteiger partial charge < -0.3 is 15.2 Å². The molecule has 122 valence electrons. The first-order valence-corrected chi connectivity index (χ1v) is 7.99. The predicted octanol–water partition coefficient (Wildman–Crippen LogP) is 2.17. The quantitative estimate of drug-likeness (QED) is 0.648. The monoisotopic (exact) mass is 335 g/mol. The average molecular weight is 335 g/mol. The van der Waals surface area contributed by atoms with Gasteiger partial charge in [-0.25, -0.2) is 4.79 Å². The van der Waals surface area contributed by atoms with Gasteiger partial charge in [0.1, 0.15) is 5.00 Å². The van der Waals surface area contributed by atoms with Gasteiger partial charge in [0.2, 0.25) is 12.7 Å². The standard InChI is InChI=1S/C16H18N2O4S/c1-4-22-16(21)14-10(2)11(3)23-15(14)17-13(20)9-18-7-5-6-12(19)8-18/h5-8H,4,9H2,1-3H3,(H-,17,19,20,21)/p+1. The van der Waals surface area contributed by atoms with Gasteiger partial charge in [0.25, 0.3) is 5.91 Å². The fourth-order valence-corrected chi connectivity index (χ4v) is 3.17. The molecular formula is C16H19N2O4S+. The molecular weight excluding hydrogens is 316 g/mol. The van der Waals surface area contributed by atoms with Crippen molar-refractivity contribution in [3.8, 4) is 5.75 Å². The van der Waals surface area contributed by atoms with Crippen molar-refractivity contribution in [1.29, 1.82) is 0 Å². The van der Waals surface area contributed by atoms with Crippen LogP contribution in [0.15, 0.2) is 24.5 Å². The van der Waals surface area contributed by atoms with Gasteiger partial charge in [-0.3, -0.25) is 4.79 Å². The zero-order valence-electron chi connectivity index (χ0n) is 13.3. The number of rotatable bonds is 5. The fourth-order valence-electron chi connectivity index (χ4n) is 2.10. The second-order valence-corrected chi connectivity index (χ2v) is 6.22. The molecule has 0 saturated heterocycles. The molecule has 2 rings (SSSR count). The van der Waals surface area contributed by atoms with Crippen LogP contribution in [0.4, 0.5) is 5.00 Å². The number of hydrogen-bond donors (Lipinski definition) is 2. The summed E-state index contributed by atoms with van der Waals surface area (Å²) in [5.74, 6) is -0.641. The van der Waals surface area contributed by atoms with Crippen LogP contribution in [0.25, 0.3) is 0 Å². The third-order valence-corrected chi connectivity index (χ3v) is 4.41. The molecule has 2 aromatic rings. The van der Waals surface area contributed by atoms with Gasteiger partial charge in [0, 0.05) is 10.9 Å². The second kappa shape index (κ2) is 7.23. The van der Waals surface area contributed by atoms with E-state index in [2.05, 4.69) is 5.32 Å². The van der Waals surface area contributed by atoms with E-state index in [0.29, 0.717) is 10.6 Å². The number of aromatic nitrogens is 1. The molecule has 0 unspecified atom stereocenters. The summed E-state index contributed by atoms with van der Waals surface area (Å²) in [7, 11) is 0. The van der Waals surface area contributed by atoms with Crippen LogP contribution in [0.1, 0.15) is 27.7 Å². The van der Waals surface area contributed by atoms with Gasteiger partial charge in [-0.1, -0.05) is 0 Å². The van der Waals surface area contributed by atoms with Crippen molar-refractivity contribution < 1.29 is 24.0 Å². The molecule has 0 aliphatic carbocycles. The van der Waals surface area contributed by atoms with Crippen LogP contribution in [0.2, 0.25) is 0 Å². The van der Waals surface area contributed by atoms with Crippen molar-refractivity contribution >= 4 is 28.2 Å². The summed E-state index contributed by atoms with van der Waals surface area (Å²) >= 11 is 1.35. The van der Waals surface area contributed by atoms with Crippen LogP contribution < -0.4 is 9.88 Å². The molecule has 2 N–H and O–H groups in total. The van der Waals surface area contributed by atoms with Gasteiger partial charge >= 0.3 is 5.97 Å². The number of hydrogen-bond acceptors (Lipinski definition) is 5. The van der Waals surface area contributed by atoms with Crippen molar-refractivity contribution in [2.75, 3.05) is 11.9 Å². The van der Waals surface area contributed by atoms with E-state index in [9.17, 15) is 14.7 Å². The van der Waals surface area contributed by atoms with Gasteiger partial charge in [-0.2, -0.15) is 4.57 Å². The van der Waals surface area contributed by atoms with Gasteiger partial charge in [-0.05, 0) is 32.4 Å². The Kier molecular flexibility index (Phi) is 5.33. The smallest absolute Gasteiger partial charge is 0.341 e. The maximum Gasteiger partial charge on any atom is 0.341 e. The topological polar surface area (TPSA) is 79.5 Å². The summed E-state index contributed by atoms with van der Waals surface area (Å²) in [6, 6.07) is 3.17. The number of carbonyl (C=O) groups excluding carboxylic acids is 2. The predicted molar refractivity (Wildman–Crippen MR) is 86.7 cm³/mol. The molecule has 2 aromatic heterocycles. The molecule has 0 aliphatic rings. The first-order valence-electron chi connectivity index (χ1n) is 7.17. The van der Waals surface area contributed by atoms with E-state index in [-0.39, 0.29) is 24.8 Å². The highest BCUT2D eigenvalue weighted by Crippen LogP contribution is 2.32. The Morgan fingerprint density at radius 1 is 1.39 bits per heavy atom. The normalized spacial score (nSPS) is 10.4. The highest BCUT2D eigenvalue weighted by molar-refractivity contribution is 7.16. The molecule has 0 fully saturated rings. The number of ether oxygens (including phenoxy) is 1.